The molecular weight excluding hydrogens is 268 g/mol. The summed E-state index contributed by atoms with van der Waals surface area (Å²) in [6.45, 7) is 0. The smallest absolute Gasteiger partial charge is 0.253 e. The minimum Gasteiger partial charge on any atom is -0.397 e. The normalized spacial score (nSPS) is 19.1. The van der Waals surface area contributed by atoms with E-state index in [1.54, 1.807) is 0 Å². The fourth-order valence-electron chi connectivity index (χ4n) is 2.26. The number of nitrogens with two attached hydrogens (primary N) is 1. The number of hydrogen-bond acceptors (Lipinski definition) is 5. The van der Waals surface area contributed by atoms with E-state index in [0.717, 1.165) is 10.8 Å². The number of carbonyl (C=O) groups excluding carboxylic acids is 2. The summed E-state index contributed by atoms with van der Waals surface area (Å²) in [5.41, 5.74) is 6.98. The SMILES string of the molecule is Nc1cc2ccccc2cc1N=NC1CCC(=O)NC1=O. The van der Waals surface area contributed by atoms with Crippen molar-refractivity contribution in [3.05, 3.63) is 36.4 Å². The number of anilines is 1. The first-order valence-electron chi connectivity index (χ1n) is 6.66. The van der Waals surface area contributed by atoms with E-state index in [-0.39, 0.29) is 12.3 Å². The van der Waals surface area contributed by atoms with Crippen LogP contribution in [0.3, 0.4) is 0 Å². The van der Waals surface area contributed by atoms with Crippen LogP contribution in [0.25, 0.3) is 10.8 Å². The molecule has 0 aromatic heterocycles. The summed E-state index contributed by atoms with van der Waals surface area (Å²) in [6, 6.07) is 10.8. The molecule has 106 valence electrons. The fraction of sp³-hybridized carbons (Fsp3) is 0.200. The highest BCUT2D eigenvalue weighted by atomic mass is 16.2. The van der Waals surface area contributed by atoms with Gasteiger partial charge in [0, 0.05) is 6.42 Å². The first-order valence-corrected chi connectivity index (χ1v) is 6.66. The molecule has 1 aliphatic heterocycles. The third kappa shape index (κ3) is 2.74. The molecule has 1 atom stereocenters. The van der Waals surface area contributed by atoms with E-state index in [2.05, 4.69) is 15.5 Å². The van der Waals surface area contributed by atoms with Crippen LogP contribution in [0.4, 0.5) is 11.4 Å². The van der Waals surface area contributed by atoms with Crippen LogP contribution in [0.5, 0.6) is 0 Å². The van der Waals surface area contributed by atoms with Crippen molar-refractivity contribution in [2.75, 3.05) is 5.73 Å². The number of piperidine rings is 1. The second kappa shape index (κ2) is 5.32. The van der Waals surface area contributed by atoms with E-state index in [9.17, 15) is 9.59 Å². The number of nitrogen functional groups attached to an aromatic ring is 1. The number of benzene rings is 2. The van der Waals surface area contributed by atoms with Crippen molar-refractivity contribution in [2.45, 2.75) is 18.9 Å². The van der Waals surface area contributed by atoms with E-state index in [1.165, 1.54) is 0 Å². The van der Waals surface area contributed by atoms with Gasteiger partial charge in [0.1, 0.15) is 5.69 Å². The summed E-state index contributed by atoms with van der Waals surface area (Å²) < 4.78 is 0. The van der Waals surface area contributed by atoms with Crippen LogP contribution in [-0.2, 0) is 9.59 Å². The Labute approximate surface area is 121 Å². The molecule has 21 heavy (non-hydrogen) atoms. The quantitative estimate of drug-likeness (QED) is 0.502. The van der Waals surface area contributed by atoms with Gasteiger partial charge in [-0.05, 0) is 29.3 Å². The Morgan fingerprint density at radius 2 is 1.86 bits per heavy atom. The second-order valence-corrected chi connectivity index (χ2v) is 4.94. The maximum absolute atomic E-state index is 11.6. The highest BCUT2D eigenvalue weighted by Gasteiger charge is 2.26. The van der Waals surface area contributed by atoms with Crippen molar-refractivity contribution in [2.24, 2.45) is 10.2 Å². The summed E-state index contributed by atoms with van der Waals surface area (Å²) in [6.07, 6.45) is 0.657. The summed E-state index contributed by atoms with van der Waals surface area (Å²) in [5.74, 6) is -0.675. The number of fused-ring (bicyclic) bond motifs is 1. The topological polar surface area (TPSA) is 96.9 Å². The Morgan fingerprint density at radius 3 is 2.57 bits per heavy atom. The molecule has 0 bridgehead atoms. The zero-order chi connectivity index (χ0) is 14.8. The van der Waals surface area contributed by atoms with Crippen LogP contribution >= 0.6 is 0 Å². The zero-order valence-corrected chi connectivity index (χ0v) is 11.2. The Bertz CT molecular complexity index is 754. The highest BCUT2D eigenvalue weighted by Crippen LogP contribution is 2.29. The number of hydrogen-bond donors (Lipinski definition) is 2. The van der Waals surface area contributed by atoms with E-state index in [1.807, 2.05) is 36.4 Å². The van der Waals surface area contributed by atoms with Crippen LogP contribution in [0, 0.1) is 0 Å². The maximum Gasteiger partial charge on any atom is 0.253 e. The van der Waals surface area contributed by atoms with Crippen molar-refractivity contribution in [1.82, 2.24) is 5.32 Å². The number of azo groups is 1. The molecule has 0 aliphatic carbocycles. The van der Waals surface area contributed by atoms with Crippen LogP contribution in [-0.4, -0.2) is 17.9 Å². The Kier molecular flexibility index (Phi) is 3.35. The van der Waals surface area contributed by atoms with E-state index in [0.29, 0.717) is 17.8 Å². The van der Waals surface area contributed by atoms with Gasteiger partial charge in [-0.15, -0.1) is 0 Å². The fourth-order valence-corrected chi connectivity index (χ4v) is 2.26. The average molecular weight is 282 g/mol. The van der Waals surface area contributed by atoms with Gasteiger partial charge in [0.05, 0.1) is 5.69 Å². The van der Waals surface area contributed by atoms with Crippen LogP contribution < -0.4 is 11.1 Å². The molecule has 1 unspecified atom stereocenters. The number of carbonyl (C=O) groups is 2. The largest absolute Gasteiger partial charge is 0.397 e. The molecule has 6 nitrogen and oxygen atoms in total. The number of nitrogens with zero attached hydrogens (tertiary/aromatic N) is 2. The van der Waals surface area contributed by atoms with Crippen molar-refractivity contribution < 1.29 is 9.59 Å². The van der Waals surface area contributed by atoms with Gasteiger partial charge in [-0.2, -0.15) is 10.2 Å². The van der Waals surface area contributed by atoms with E-state index < -0.39 is 11.9 Å². The molecule has 3 rings (SSSR count). The van der Waals surface area contributed by atoms with Gasteiger partial charge in [-0.3, -0.25) is 14.9 Å². The molecule has 2 aromatic rings. The monoisotopic (exact) mass is 282 g/mol. The molecule has 1 fully saturated rings. The minimum absolute atomic E-state index is 0.267. The molecule has 1 aliphatic rings. The Balaban J connectivity index is 1.87. The number of imide groups is 1. The lowest BCUT2D eigenvalue weighted by Gasteiger charge is -2.15. The molecule has 2 aromatic carbocycles. The lowest BCUT2D eigenvalue weighted by atomic mass is 10.1. The lowest BCUT2D eigenvalue weighted by Crippen LogP contribution is -2.42. The predicted octanol–water partition coefficient (Wildman–Crippen LogP) is 2.31. The van der Waals surface area contributed by atoms with Gasteiger partial charge < -0.3 is 5.73 Å². The summed E-state index contributed by atoms with van der Waals surface area (Å²) in [5, 5.41) is 12.4. The molecule has 1 heterocycles. The Morgan fingerprint density at radius 1 is 1.14 bits per heavy atom. The summed E-state index contributed by atoms with van der Waals surface area (Å²) in [7, 11) is 0. The van der Waals surface area contributed by atoms with Gasteiger partial charge >= 0.3 is 0 Å². The van der Waals surface area contributed by atoms with Gasteiger partial charge in [0.15, 0.2) is 6.04 Å². The maximum atomic E-state index is 11.6. The van der Waals surface area contributed by atoms with Gasteiger partial charge in [-0.25, -0.2) is 0 Å². The molecule has 2 amide bonds. The van der Waals surface area contributed by atoms with Crippen molar-refractivity contribution in [3.8, 4) is 0 Å². The van der Waals surface area contributed by atoms with Gasteiger partial charge in [0.2, 0.25) is 5.91 Å². The molecule has 0 spiro atoms. The van der Waals surface area contributed by atoms with Gasteiger partial charge in [0.25, 0.3) is 5.91 Å². The third-order valence-corrected chi connectivity index (χ3v) is 3.41. The number of nitrogens with one attached hydrogen (secondary N) is 1. The van der Waals surface area contributed by atoms with E-state index >= 15 is 0 Å². The molecule has 3 N–H and O–H groups in total. The van der Waals surface area contributed by atoms with Crippen LogP contribution in [0.1, 0.15) is 12.8 Å². The predicted molar refractivity (Wildman–Crippen MR) is 79.0 cm³/mol. The lowest BCUT2D eigenvalue weighted by molar-refractivity contribution is -0.134. The molecule has 0 saturated carbocycles. The molecular formula is C15H14N4O2. The first-order chi connectivity index (χ1) is 10.1. The highest BCUT2D eigenvalue weighted by molar-refractivity contribution is 6.00. The first kappa shape index (κ1) is 13.2. The molecule has 6 heteroatoms. The third-order valence-electron chi connectivity index (χ3n) is 3.41. The summed E-state index contributed by atoms with van der Waals surface area (Å²) >= 11 is 0. The van der Waals surface area contributed by atoms with Crippen molar-refractivity contribution in [3.63, 3.8) is 0 Å². The molecule has 1 saturated heterocycles. The van der Waals surface area contributed by atoms with Crippen molar-refractivity contribution >= 4 is 34.0 Å². The van der Waals surface area contributed by atoms with Gasteiger partial charge in [-0.1, -0.05) is 24.3 Å². The summed E-state index contributed by atoms with van der Waals surface area (Å²) in [4.78, 5) is 22.7. The van der Waals surface area contributed by atoms with Crippen molar-refractivity contribution in [1.29, 1.82) is 0 Å². The number of rotatable bonds is 2. The van der Waals surface area contributed by atoms with Crippen LogP contribution in [0.2, 0.25) is 0 Å². The number of amides is 2. The zero-order valence-electron chi connectivity index (χ0n) is 11.2. The second-order valence-electron chi connectivity index (χ2n) is 4.94. The molecule has 0 radical (unpaired) electrons. The van der Waals surface area contributed by atoms with E-state index in [4.69, 9.17) is 5.73 Å². The Hall–Kier alpha value is -2.76. The van der Waals surface area contributed by atoms with Crippen LogP contribution in [0.15, 0.2) is 46.6 Å². The standard InChI is InChI=1S/C15H14N4O2/c16-11-7-9-3-1-2-4-10(9)8-13(11)19-18-12-5-6-14(20)17-15(12)21/h1-4,7-8,12H,5-6,16H2,(H,17,20,21). The minimum atomic E-state index is -0.631. The average Bonchev–Trinajstić information content (AvgIpc) is 2.46.